The third kappa shape index (κ3) is 5.88. The zero-order chi connectivity index (χ0) is 22.5. The van der Waals surface area contributed by atoms with Gasteiger partial charge in [0.25, 0.3) is 5.69 Å². The molecule has 1 aliphatic rings. The number of amides is 2. The number of hydrogen-bond acceptors (Lipinski definition) is 5. The average molecular weight is 425 g/mol. The highest BCUT2D eigenvalue weighted by Gasteiger charge is 2.30. The first-order valence-corrected chi connectivity index (χ1v) is 10.4. The van der Waals surface area contributed by atoms with Crippen molar-refractivity contribution in [3.05, 3.63) is 63.2 Å². The predicted octanol–water partition coefficient (Wildman–Crippen LogP) is 3.95. The van der Waals surface area contributed by atoms with Crippen molar-refractivity contribution in [2.75, 3.05) is 23.7 Å². The van der Waals surface area contributed by atoms with Gasteiger partial charge in [-0.25, -0.2) is 0 Å². The third-order valence-electron chi connectivity index (χ3n) is 5.56. The summed E-state index contributed by atoms with van der Waals surface area (Å²) in [4.78, 5) is 37.7. The molecule has 164 valence electrons. The molecule has 2 amide bonds. The van der Waals surface area contributed by atoms with Crippen LogP contribution in [0, 0.1) is 30.9 Å². The molecule has 2 N–H and O–H groups in total. The van der Waals surface area contributed by atoms with Gasteiger partial charge in [-0.05, 0) is 50.8 Å². The molecule has 1 aliphatic carbocycles. The van der Waals surface area contributed by atoms with Gasteiger partial charge < -0.3 is 10.6 Å². The Morgan fingerprint density at radius 3 is 2.29 bits per heavy atom. The number of benzene rings is 2. The molecule has 3 rings (SSSR count). The Balaban J connectivity index is 1.56. The molecule has 0 saturated heterocycles. The minimum absolute atomic E-state index is 0.0272. The summed E-state index contributed by atoms with van der Waals surface area (Å²) >= 11 is 0. The molecule has 1 fully saturated rings. The Kier molecular flexibility index (Phi) is 7.02. The van der Waals surface area contributed by atoms with Crippen LogP contribution >= 0.6 is 0 Å². The van der Waals surface area contributed by atoms with Crippen LogP contribution in [-0.4, -0.2) is 40.8 Å². The van der Waals surface area contributed by atoms with Crippen LogP contribution in [-0.2, 0) is 9.59 Å². The maximum atomic E-state index is 12.6. The second-order valence-electron chi connectivity index (χ2n) is 8.02. The van der Waals surface area contributed by atoms with Gasteiger partial charge in [-0.2, -0.15) is 0 Å². The summed E-state index contributed by atoms with van der Waals surface area (Å²) in [6, 6.07) is 10.8. The molecule has 1 saturated carbocycles. The Hall–Kier alpha value is -3.26. The molecule has 2 aromatic carbocycles. The van der Waals surface area contributed by atoms with Gasteiger partial charge in [-0.15, -0.1) is 0 Å². The fourth-order valence-corrected chi connectivity index (χ4v) is 3.62. The Morgan fingerprint density at radius 2 is 1.68 bits per heavy atom. The molecule has 0 aromatic heterocycles. The lowest BCUT2D eigenvalue weighted by Crippen LogP contribution is -2.37. The minimum Gasteiger partial charge on any atom is -0.326 e. The van der Waals surface area contributed by atoms with Gasteiger partial charge in [0.2, 0.25) is 11.8 Å². The van der Waals surface area contributed by atoms with Crippen LogP contribution in [0.15, 0.2) is 36.4 Å². The van der Waals surface area contributed by atoms with Crippen LogP contribution in [0.4, 0.5) is 17.1 Å². The number of nitro groups is 1. The number of para-hydroxylation sites is 1. The molecule has 8 nitrogen and oxygen atoms in total. The minimum atomic E-state index is -0.464. The summed E-state index contributed by atoms with van der Waals surface area (Å²) in [5, 5.41) is 16.8. The number of nitro benzene ring substituents is 1. The topological polar surface area (TPSA) is 105 Å². The molecular weight excluding hydrogens is 396 g/mol. The quantitative estimate of drug-likeness (QED) is 0.468. The smallest absolute Gasteiger partial charge is 0.274 e. The van der Waals surface area contributed by atoms with E-state index in [4.69, 9.17) is 0 Å². The highest BCUT2D eigenvalue weighted by molar-refractivity contribution is 5.94. The molecule has 0 bridgehead atoms. The molecule has 0 heterocycles. The second-order valence-corrected chi connectivity index (χ2v) is 8.02. The summed E-state index contributed by atoms with van der Waals surface area (Å²) < 4.78 is 0. The van der Waals surface area contributed by atoms with Gasteiger partial charge in [0, 0.05) is 30.8 Å². The van der Waals surface area contributed by atoms with E-state index in [1.165, 1.54) is 6.07 Å². The lowest BCUT2D eigenvalue weighted by molar-refractivity contribution is -0.385. The van der Waals surface area contributed by atoms with Crippen molar-refractivity contribution in [1.82, 2.24) is 4.90 Å². The maximum absolute atomic E-state index is 12.6. The van der Waals surface area contributed by atoms with Gasteiger partial charge in [-0.3, -0.25) is 24.6 Å². The lowest BCUT2D eigenvalue weighted by atomic mass is 10.1. The summed E-state index contributed by atoms with van der Waals surface area (Å²) in [5.74, 6) is -0.330. The van der Waals surface area contributed by atoms with E-state index >= 15 is 0 Å². The van der Waals surface area contributed by atoms with Gasteiger partial charge in [0.1, 0.15) is 0 Å². The van der Waals surface area contributed by atoms with Crippen LogP contribution in [0.2, 0.25) is 0 Å². The van der Waals surface area contributed by atoms with Crippen molar-refractivity contribution < 1.29 is 14.5 Å². The first-order chi connectivity index (χ1) is 14.8. The molecule has 31 heavy (non-hydrogen) atoms. The third-order valence-corrected chi connectivity index (χ3v) is 5.56. The van der Waals surface area contributed by atoms with Crippen molar-refractivity contribution in [2.45, 2.75) is 46.1 Å². The summed E-state index contributed by atoms with van der Waals surface area (Å²) in [7, 11) is 0. The fourth-order valence-electron chi connectivity index (χ4n) is 3.62. The number of carbonyl (C=O) groups is 2. The van der Waals surface area contributed by atoms with Gasteiger partial charge in [0.05, 0.1) is 22.7 Å². The van der Waals surface area contributed by atoms with Crippen LogP contribution in [0.3, 0.4) is 0 Å². The largest absolute Gasteiger partial charge is 0.326 e. The SMILES string of the molecule is Cc1cccc(C)c1NC(=O)CN(CCC(=O)Nc1cccc([N+](=O)[O-])c1C)C1CC1. The highest BCUT2D eigenvalue weighted by atomic mass is 16.6. The number of nitrogens with one attached hydrogen (secondary N) is 2. The van der Waals surface area contributed by atoms with E-state index in [9.17, 15) is 19.7 Å². The average Bonchev–Trinajstić information content (AvgIpc) is 3.55. The van der Waals surface area contributed by atoms with E-state index in [1.54, 1.807) is 19.1 Å². The van der Waals surface area contributed by atoms with E-state index in [-0.39, 0.29) is 30.5 Å². The van der Waals surface area contributed by atoms with Crippen molar-refractivity contribution in [3.8, 4) is 0 Å². The van der Waals surface area contributed by atoms with Crippen molar-refractivity contribution in [2.24, 2.45) is 0 Å². The highest BCUT2D eigenvalue weighted by Crippen LogP contribution is 2.28. The van der Waals surface area contributed by atoms with E-state index in [0.717, 1.165) is 29.7 Å². The monoisotopic (exact) mass is 424 g/mol. The standard InChI is InChI=1S/C23H28N4O4/c1-15-6-4-7-16(2)23(15)25-22(29)14-26(18-10-11-18)13-12-21(28)24-19-8-5-9-20(17(19)3)27(30)31/h4-9,18H,10-14H2,1-3H3,(H,24,28)(H,25,29). The Morgan fingerprint density at radius 1 is 1.03 bits per heavy atom. The van der Waals surface area contributed by atoms with E-state index < -0.39 is 4.92 Å². The first kappa shape index (κ1) is 22.4. The van der Waals surface area contributed by atoms with E-state index in [2.05, 4.69) is 10.6 Å². The van der Waals surface area contributed by atoms with Crippen LogP contribution in [0.25, 0.3) is 0 Å². The predicted molar refractivity (Wildman–Crippen MR) is 120 cm³/mol. The molecule has 0 atom stereocenters. The molecule has 8 heteroatoms. The summed E-state index contributed by atoms with van der Waals surface area (Å²) in [6.45, 7) is 6.21. The van der Waals surface area contributed by atoms with Crippen LogP contribution in [0.1, 0.15) is 36.0 Å². The zero-order valence-electron chi connectivity index (χ0n) is 18.1. The van der Waals surface area contributed by atoms with Gasteiger partial charge in [0.15, 0.2) is 0 Å². The normalized spacial score (nSPS) is 13.2. The van der Waals surface area contributed by atoms with Gasteiger partial charge in [-0.1, -0.05) is 24.3 Å². The number of hydrogen-bond donors (Lipinski definition) is 2. The van der Waals surface area contributed by atoms with Crippen LogP contribution < -0.4 is 10.6 Å². The molecule has 2 aromatic rings. The molecule has 0 aliphatic heterocycles. The lowest BCUT2D eigenvalue weighted by Gasteiger charge is -2.22. The van der Waals surface area contributed by atoms with Crippen LogP contribution in [0.5, 0.6) is 0 Å². The number of rotatable bonds is 9. The maximum Gasteiger partial charge on any atom is 0.274 e. The molecule has 0 unspecified atom stereocenters. The zero-order valence-corrected chi connectivity index (χ0v) is 18.1. The summed E-state index contributed by atoms with van der Waals surface area (Å²) in [6.07, 6.45) is 2.24. The molecule has 0 radical (unpaired) electrons. The fraction of sp³-hybridized carbons (Fsp3) is 0.391. The van der Waals surface area contributed by atoms with E-state index in [1.807, 2.05) is 36.9 Å². The number of carbonyl (C=O) groups excluding carboxylic acids is 2. The number of aryl methyl sites for hydroxylation is 2. The number of nitrogens with zero attached hydrogens (tertiary/aromatic N) is 2. The van der Waals surface area contributed by atoms with Crippen molar-refractivity contribution >= 4 is 28.9 Å². The first-order valence-electron chi connectivity index (χ1n) is 10.4. The van der Waals surface area contributed by atoms with Crippen molar-refractivity contribution in [1.29, 1.82) is 0 Å². The Labute approximate surface area is 181 Å². The Bertz CT molecular complexity index is 981. The molecular formula is C23H28N4O4. The number of anilines is 2. The summed E-state index contributed by atoms with van der Waals surface area (Å²) in [5.41, 5.74) is 3.69. The molecule has 0 spiro atoms. The second kappa shape index (κ2) is 9.70. The van der Waals surface area contributed by atoms with E-state index in [0.29, 0.717) is 23.8 Å². The van der Waals surface area contributed by atoms with Gasteiger partial charge >= 0.3 is 0 Å². The van der Waals surface area contributed by atoms with Crippen molar-refractivity contribution in [3.63, 3.8) is 0 Å².